The standard InChI is InChI=1S/C8H11ClN2O/c1-5-7(3-6-4-12-6)8(9)11(2)10-5/h6H,3-4H2,1-2H3. The predicted octanol–water partition coefficient (Wildman–Crippen LogP) is 1.32. The van der Waals surface area contributed by atoms with E-state index in [-0.39, 0.29) is 0 Å². The minimum atomic E-state index is 0.380. The van der Waals surface area contributed by atoms with Gasteiger partial charge in [0, 0.05) is 19.0 Å². The quantitative estimate of drug-likeness (QED) is 0.653. The Hall–Kier alpha value is -0.540. The second kappa shape index (κ2) is 2.75. The molecule has 1 unspecified atom stereocenters. The fourth-order valence-electron chi connectivity index (χ4n) is 1.32. The molecule has 0 spiro atoms. The number of aryl methyl sites for hydroxylation is 2. The number of nitrogens with zero attached hydrogens (tertiary/aromatic N) is 2. The number of ether oxygens (including phenoxy) is 1. The highest BCUT2D eigenvalue weighted by Crippen LogP contribution is 2.24. The molecule has 0 amide bonds. The molecule has 3 nitrogen and oxygen atoms in total. The largest absolute Gasteiger partial charge is 0.373 e. The second-order valence-electron chi connectivity index (χ2n) is 3.14. The minimum absolute atomic E-state index is 0.380. The first-order chi connectivity index (χ1) is 5.68. The van der Waals surface area contributed by atoms with Gasteiger partial charge in [-0.2, -0.15) is 5.10 Å². The maximum absolute atomic E-state index is 6.03. The average molecular weight is 187 g/mol. The summed E-state index contributed by atoms with van der Waals surface area (Å²) >= 11 is 6.03. The van der Waals surface area contributed by atoms with Crippen LogP contribution in [0.25, 0.3) is 0 Å². The van der Waals surface area contributed by atoms with Gasteiger partial charge in [-0.1, -0.05) is 11.6 Å². The number of aromatic nitrogens is 2. The second-order valence-corrected chi connectivity index (χ2v) is 3.50. The van der Waals surface area contributed by atoms with Crippen LogP contribution in [0.3, 0.4) is 0 Å². The number of epoxide rings is 1. The summed E-state index contributed by atoms with van der Waals surface area (Å²) in [7, 11) is 1.85. The van der Waals surface area contributed by atoms with Crippen molar-refractivity contribution in [1.82, 2.24) is 9.78 Å². The smallest absolute Gasteiger partial charge is 0.130 e. The van der Waals surface area contributed by atoms with Crippen molar-refractivity contribution >= 4 is 11.6 Å². The first-order valence-corrected chi connectivity index (χ1v) is 4.36. The summed E-state index contributed by atoms with van der Waals surface area (Å²) < 4.78 is 6.84. The molecular weight excluding hydrogens is 176 g/mol. The van der Waals surface area contributed by atoms with E-state index in [1.54, 1.807) is 4.68 Å². The fourth-order valence-corrected chi connectivity index (χ4v) is 1.57. The Kier molecular flexibility index (Phi) is 1.85. The monoisotopic (exact) mass is 186 g/mol. The zero-order valence-electron chi connectivity index (χ0n) is 7.17. The van der Waals surface area contributed by atoms with E-state index in [4.69, 9.17) is 16.3 Å². The molecule has 0 aliphatic carbocycles. The van der Waals surface area contributed by atoms with Crippen LogP contribution in [0.5, 0.6) is 0 Å². The number of hydrogen-bond acceptors (Lipinski definition) is 2. The molecule has 0 saturated carbocycles. The van der Waals surface area contributed by atoms with E-state index in [0.717, 1.165) is 29.4 Å². The van der Waals surface area contributed by atoms with Gasteiger partial charge in [0.1, 0.15) is 5.15 Å². The zero-order chi connectivity index (χ0) is 8.72. The van der Waals surface area contributed by atoms with E-state index in [1.807, 2.05) is 14.0 Å². The molecule has 1 saturated heterocycles. The van der Waals surface area contributed by atoms with Gasteiger partial charge in [-0.15, -0.1) is 0 Å². The Labute approximate surface area is 76.3 Å². The lowest BCUT2D eigenvalue weighted by Gasteiger charge is -1.95. The molecule has 12 heavy (non-hydrogen) atoms. The summed E-state index contributed by atoms with van der Waals surface area (Å²) in [6.45, 7) is 2.84. The molecule has 1 aliphatic rings. The molecule has 1 aromatic heterocycles. The van der Waals surface area contributed by atoms with Crippen molar-refractivity contribution < 1.29 is 4.74 Å². The van der Waals surface area contributed by atoms with Gasteiger partial charge in [0.05, 0.1) is 18.4 Å². The molecule has 2 rings (SSSR count). The Morgan fingerprint density at radius 2 is 2.42 bits per heavy atom. The van der Waals surface area contributed by atoms with Crippen LogP contribution in [0.15, 0.2) is 0 Å². The van der Waals surface area contributed by atoms with E-state index in [9.17, 15) is 0 Å². The SMILES string of the molecule is Cc1nn(C)c(Cl)c1CC1CO1. The Morgan fingerprint density at radius 3 is 2.83 bits per heavy atom. The molecule has 1 aromatic rings. The molecule has 0 bridgehead atoms. The van der Waals surface area contributed by atoms with Gasteiger partial charge < -0.3 is 4.74 Å². The lowest BCUT2D eigenvalue weighted by atomic mass is 10.1. The van der Waals surface area contributed by atoms with Gasteiger partial charge in [0.2, 0.25) is 0 Å². The minimum Gasteiger partial charge on any atom is -0.373 e. The molecule has 0 radical (unpaired) electrons. The van der Waals surface area contributed by atoms with E-state index in [1.165, 1.54) is 0 Å². The Bertz CT molecular complexity index is 304. The first kappa shape index (κ1) is 8.08. The summed E-state index contributed by atoms with van der Waals surface area (Å²) in [4.78, 5) is 0. The summed E-state index contributed by atoms with van der Waals surface area (Å²) in [5.41, 5.74) is 2.14. The highest BCUT2D eigenvalue weighted by atomic mass is 35.5. The third-order valence-electron chi connectivity index (χ3n) is 2.10. The Balaban J connectivity index is 2.26. The number of rotatable bonds is 2. The Morgan fingerprint density at radius 1 is 1.75 bits per heavy atom. The third-order valence-corrected chi connectivity index (χ3v) is 2.58. The molecule has 4 heteroatoms. The zero-order valence-corrected chi connectivity index (χ0v) is 7.93. The van der Waals surface area contributed by atoms with Gasteiger partial charge >= 0.3 is 0 Å². The van der Waals surface area contributed by atoms with Crippen LogP contribution in [0, 0.1) is 6.92 Å². The normalized spacial score (nSPS) is 21.4. The van der Waals surface area contributed by atoms with Gasteiger partial charge in [-0.05, 0) is 6.92 Å². The van der Waals surface area contributed by atoms with Crippen molar-refractivity contribution in [3.8, 4) is 0 Å². The average Bonchev–Trinajstić information content (AvgIpc) is 2.77. The van der Waals surface area contributed by atoms with Crippen LogP contribution in [-0.2, 0) is 18.2 Å². The van der Waals surface area contributed by atoms with E-state index >= 15 is 0 Å². The molecule has 2 heterocycles. The van der Waals surface area contributed by atoms with Crippen LogP contribution >= 0.6 is 11.6 Å². The molecule has 1 aliphatic heterocycles. The molecule has 0 N–H and O–H groups in total. The van der Waals surface area contributed by atoms with Crippen LogP contribution in [0.2, 0.25) is 5.15 Å². The van der Waals surface area contributed by atoms with Gasteiger partial charge in [-0.25, -0.2) is 0 Å². The number of halogens is 1. The van der Waals surface area contributed by atoms with Crippen molar-refractivity contribution in [2.75, 3.05) is 6.61 Å². The lowest BCUT2D eigenvalue weighted by Crippen LogP contribution is -1.94. The topological polar surface area (TPSA) is 30.4 Å². The van der Waals surface area contributed by atoms with Crippen molar-refractivity contribution in [2.24, 2.45) is 7.05 Å². The molecule has 1 fully saturated rings. The summed E-state index contributed by atoms with van der Waals surface area (Å²) in [5.74, 6) is 0. The highest BCUT2D eigenvalue weighted by Gasteiger charge is 2.26. The molecule has 1 atom stereocenters. The molecule has 66 valence electrons. The number of hydrogen-bond donors (Lipinski definition) is 0. The van der Waals surface area contributed by atoms with Crippen molar-refractivity contribution in [3.05, 3.63) is 16.4 Å². The summed E-state index contributed by atoms with van der Waals surface area (Å²) in [5, 5.41) is 4.96. The van der Waals surface area contributed by atoms with E-state index in [2.05, 4.69) is 5.10 Å². The van der Waals surface area contributed by atoms with E-state index in [0.29, 0.717) is 6.10 Å². The highest BCUT2D eigenvalue weighted by molar-refractivity contribution is 6.30. The predicted molar refractivity (Wildman–Crippen MR) is 46.4 cm³/mol. The summed E-state index contributed by atoms with van der Waals surface area (Å²) in [6.07, 6.45) is 1.28. The lowest BCUT2D eigenvalue weighted by molar-refractivity contribution is 0.407. The van der Waals surface area contributed by atoms with Gasteiger partial charge in [0.15, 0.2) is 0 Å². The van der Waals surface area contributed by atoms with Crippen LogP contribution in [0.4, 0.5) is 0 Å². The van der Waals surface area contributed by atoms with Crippen molar-refractivity contribution in [2.45, 2.75) is 19.4 Å². The van der Waals surface area contributed by atoms with Crippen molar-refractivity contribution in [3.63, 3.8) is 0 Å². The van der Waals surface area contributed by atoms with Gasteiger partial charge in [-0.3, -0.25) is 4.68 Å². The maximum Gasteiger partial charge on any atom is 0.130 e. The third kappa shape index (κ3) is 1.34. The molecular formula is C8H11ClN2O. The van der Waals surface area contributed by atoms with E-state index < -0.39 is 0 Å². The van der Waals surface area contributed by atoms with Crippen LogP contribution in [0.1, 0.15) is 11.3 Å². The fraction of sp³-hybridized carbons (Fsp3) is 0.625. The van der Waals surface area contributed by atoms with Crippen LogP contribution in [-0.4, -0.2) is 22.5 Å². The maximum atomic E-state index is 6.03. The van der Waals surface area contributed by atoms with Crippen LogP contribution < -0.4 is 0 Å². The van der Waals surface area contributed by atoms with Gasteiger partial charge in [0.25, 0.3) is 0 Å². The molecule has 0 aromatic carbocycles. The first-order valence-electron chi connectivity index (χ1n) is 3.98. The van der Waals surface area contributed by atoms with Crippen molar-refractivity contribution in [1.29, 1.82) is 0 Å². The summed E-state index contributed by atoms with van der Waals surface area (Å²) in [6, 6.07) is 0.